The number of nitrogens with zero attached hydrogens (tertiary/aromatic N) is 1. The average Bonchev–Trinajstić information content (AvgIpc) is 2.71. The Labute approximate surface area is 138 Å². The molecular formula is C20H25NO2. The zero-order valence-corrected chi connectivity index (χ0v) is 13.5. The molecule has 0 aromatic heterocycles. The molecule has 2 N–H and O–H groups in total. The molecule has 1 aliphatic heterocycles. The number of aliphatic hydroxyl groups is 1. The average molecular weight is 311 g/mol. The van der Waals surface area contributed by atoms with E-state index in [1.165, 1.54) is 12.0 Å². The van der Waals surface area contributed by atoms with Gasteiger partial charge in [0.05, 0.1) is 6.10 Å². The Hall–Kier alpha value is -1.84. The van der Waals surface area contributed by atoms with Gasteiger partial charge in [0, 0.05) is 13.1 Å². The minimum Gasteiger partial charge on any atom is -0.508 e. The van der Waals surface area contributed by atoms with Gasteiger partial charge in [0.15, 0.2) is 0 Å². The molecule has 3 nitrogen and oxygen atoms in total. The van der Waals surface area contributed by atoms with Gasteiger partial charge in [-0.1, -0.05) is 36.4 Å². The Morgan fingerprint density at radius 3 is 2.70 bits per heavy atom. The van der Waals surface area contributed by atoms with E-state index in [-0.39, 0.29) is 5.75 Å². The molecule has 1 aliphatic rings. The van der Waals surface area contributed by atoms with E-state index in [1.807, 2.05) is 6.07 Å². The zero-order valence-electron chi connectivity index (χ0n) is 13.5. The third-order valence-electron chi connectivity index (χ3n) is 4.65. The van der Waals surface area contributed by atoms with Gasteiger partial charge in [0.25, 0.3) is 0 Å². The van der Waals surface area contributed by atoms with Gasteiger partial charge in [0.2, 0.25) is 0 Å². The number of phenolic OH excluding ortho intramolecular Hbond substituents is 1. The van der Waals surface area contributed by atoms with Crippen LogP contribution in [0.1, 0.15) is 35.6 Å². The van der Waals surface area contributed by atoms with Crippen LogP contribution in [0.15, 0.2) is 48.5 Å². The summed E-state index contributed by atoms with van der Waals surface area (Å²) in [5.74, 6) is 0.285. The monoisotopic (exact) mass is 311 g/mol. The molecule has 2 aromatic rings. The number of unbranched alkanes of at least 4 members (excludes halogenated alkanes) is 1. The predicted octanol–water partition coefficient (Wildman–Crippen LogP) is 3.31. The maximum atomic E-state index is 10.4. The number of rotatable bonds is 5. The van der Waals surface area contributed by atoms with E-state index in [1.54, 1.807) is 12.1 Å². The number of aliphatic hydroxyl groups excluding tert-OH is 1. The molecule has 0 spiro atoms. The highest BCUT2D eigenvalue weighted by Crippen LogP contribution is 2.26. The molecule has 3 rings (SSSR count). The first-order valence-corrected chi connectivity index (χ1v) is 8.48. The molecule has 0 fully saturated rings. The number of benzene rings is 2. The van der Waals surface area contributed by atoms with E-state index in [0.717, 1.165) is 43.5 Å². The number of hydrogen-bond donors (Lipinski definition) is 2. The largest absolute Gasteiger partial charge is 0.508 e. The van der Waals surface area contributed by atoms with Crippen molar-refractivity contribution >= 4 is 0 Å². The van der Waals surface area contributed by atoms with Crippen molar-refractivity contribution in [1.29, 1.82) is 0 Å². The summed E-state index contributed by atoms with van der Waals surface area (Å²) in [6.07, 6.45) is 3.86. The minimum absolute atomic E-state index is 0.285. The van der Waals surface area contributed by atoms with E-state index < -0.39 is 6.10 Å². The third-order valence-corrected chi connectivity index (χ3v) is 4.65. The lowest BCUT2D eigenvalue weighted by atomic mass is 10.0. The summed E-state index contributed by atoms with van der Waals surface area (Å²) < 4.78 is 0. The molecule has 0 amide bonds. The van der Waals surface area contributed by atoms with Crippen LogP contribution in [0.25, 0.3) is 0 Å². The molecule has 0 bridgehead atoms. The molecular weight excluding hydrogens is 286 g/mol. The van der Waals surface area contributed by atoms with Gasteiger partial charge < -0.3 is 15.1 Å². The Morgan fingerprint density at radius 2 is 1.87 bits per heavy atom. The highest BCUT2D eigenvalue weighted by atomic mass is 16.3. The fourth-order valence-electron chi connectivity index (χ4n) is 3.36. The summed E-state index contributed by atoms with van der Waals surface area (Å²) >= 11 is 0. The summed E-state index contributed by atoms with van der Waals surface area (Å²) in [5, 5.41) is 20.0. The normalized spacial score (nSPS) is 18.4. The van der Waals surface area contributed by atoms with E-state index >= 15 is 0 Å². The van der Waals surface area contributed by atoms with Crippen molar-refractivity contribution in [1.82, 2.24) is 4.90 Å². The first-order chi connectivity index (χ1) is 11.2. The van der Waals surface area contributed by atoms with Crippen LogP contribution in [0.2, 0.25) is 0 Å². The molecule has 0 saturated carbocycles. The SMILES string of the molecule is Oc1ccc2c(c1)CCN(CCCCc1ccccc1)C[C@@H]2O. The number of fused-ring (bicyclic) bond motifs is 1. The van der Waals surface area contributed by atoms with Crippen molar-refractivity contribution in [3.8, 4) is 5.75 Å². The van der Waals surface area contributed by atoms with Crippen LogP contribution in [0.3, 0.4) is 0 Å². The van der Waals surface area contributed by atoms with Crippen molar-refractivity contribution in [2.24, 2.45) is 0 Å². The van der Waals surface area contributed by atoms with Crippen molar-refractivity contribution in [3.05, 3.63) is 65.2 Å². The molecule has 0 radical (unpaired) electrons. The summed E-state index contributed by atoms with van der Waals surface area (Å²) in [6, 6.07) is 15.9. The second-order valence-electron chi connectivity index (χ2n) is 6.39. The molecule has 0 unspecified atom stereocenters. The standard InChI is InChI=1S/C20H25NO2/c22-18-9-10-19-17(14-18)11-13-21(15-20(19)23)12-5-4-8-16-6-2-1-3-7-16/h1-3,6-7,9-10,14,20,22-23H,4-5,8,11-13,15H2/t20-/m0/s1. The smallest absolute Gasteiger partial charge is 0.115 e. The summed E-state index contributed by atoms with van der Waals surface area (Å²) in [4.78, 5) is 2.34. The van der Waals surface area contributed by atoms with Gasteiger partial charge in [-0.15, -0.1) is 0 Å². The molecule has 1 heterocycles. The first kappa shape index (κ1) is 16.0. The van der Waals surface area contributed by atoms with Crippen LogP contribution in [-0.4, -0.2) is 34.7 Å². The van der Waals surface area contributed by atoms with Crippen molar-refractivity contribution in [2.75, 3.05) is 19.6 Å². The summed E-state index contributed by atoms with van der Waals surface area (Å²) in [5.41, 5.74) is 3.44. The van der Waals surface area contributed by atoms with Gasteiger partial charge >= 0.3 is 0 Å². The molecule has 23 heavy (non-hydrogen) atoms. The molecule has 2 aromatic carbocycles. The highest BCUT2D eigenvalue weighted by Gasteiger charge is 2.21. The minimum atomic E-state index is -0.456. The van der Waals surface area contributed by atoms with Gasteiger partial charge in [-0.05, 0) is 61.1 Å². The van der Waals surface area contributed by atoms with Crippen LogP contribution in [0, 0.1) is 0 Å². The van der Waals surface area contributed by atoms with Crippen LogP contribution in [0.5, 0.6) is 5.75 Å². The second-order valence-corrected chi connectivity index (χ2v) is 6.39. The van der Waals surface area contributed by atoms with Gasteiger partial charge in [0.1, 0.15) is 5.75 Å². The molecule has 122 valence electrons. The molecule has 1 atom stereocenters. The number of aromatic hydroxyl groups is 1. The summed E-state index contributed by atoms with van der Waals surface area (Å²) in [7, 11) is 0. The topological polar surface area (TPSA) is 43.7 Å². The first-order valence-electron chi connectivity index (χ1n) is 8.48. The Kier molecular flexibility index (Phi) is 5.31. The Morgan fingerprint density at radius 1 is 1.04 bits per heavy atom. The van der Waals surface area contributed by atoms with Crippen LogP contribution in [0.4, 0.5) is 0 Å². The predicted molar refractivity (Wildman–Crippen MR) is 92.6 cm³/mol. The maximum absolute atomic E-state index is 10.4. The lowest BCUT2D eigenvalue weighted by molar-refractivity contribution is 0.119. The van der Waals surface area contributed by atoms with Gasteiger partial charge in [-0.2, -0.15) is 0 Å². The fraction of sp³-hybridized carbons (Fsp3) is 0.400. The van der Waals surface area contributed by atoms with Gasteiger partial charge in [-0.25, -0.2) is 0 Å². The van der Waals surface area contributed by atoms with Crippen LogP contribution >= 0.6 is 0 Å². The van der Waals surface area contributed by atoms with E-state index in [4.69, 9.17) is 0 Å². The van der Waals surface area contributed by atoms with Crippen LogP contribution < -0.4 is 0 Å². The summed E-state index contributed by atoms with van der Waals surface area (Å²) in [6.45, 7) is 2.64. The van der Waals surface area contributed by atoms with Crippen molar-refractivity contribution < 1.29 is 10.2 Å². The molecule has 3 heteroatoms. The molecule has 0 aliphatic carbocycles. The van der Waals surface area contributed by atoms with Crippen molar-refractivity contribution in [2.45, 2.75) is 31.8 Å². The quantitative estimate of drug-likeness (QED) is 0.833. The Balaban J connectivity index is 1.49. The van der Waals surface area contributed by atoms with Crippen LogP contribution in [-0.2, 0) is 12.8 Å². The van der Waals surface area contributed by atoms with Crippen molar-refractivity contribution in [3.63, 3.8) is 0 Å². The van der Waals surface area contributed by atoms with E-state index in [9.17, 15) is 10.2 Å². The number of aryl methyl sites for hydroxylation is 1. The number of hydrogen-bond acceptors (Lipinski definition) is 3. The highest BCUT2D eigenvalue weighted by molar-refractivity contribution is 5.37. The number of phenols is 1. The number of β-amino-alcohol motifs (C(OH)–C–C–N with tert-alkyl or cyclic N) is 1. The maximum Gasteiger partial charge on any atom is 0.115 e. The third kappa shape index (κ3) is 4.34. The lowest BCUT2D eigenvalue weighted by Crippen LogP contribution is -2.29. The lowest BCUT2D eigenvalue weighted by Gasteiger charge is -2.22. The second kappa shape index (κ2) is 7.62. The molecule has 0 saturated heterocycles. The van der Waals surface area contributed by atoms with E-state index in [2.05, 4.69) is 35.2 Å². The van der Waals surface area contributed by atoms with E-state index in [0.29, 0.717) is 6.54 Å². The zero-order chi connectivity index (χ0) is 16.1. The van der Waals surface area contributed by atoms with Gasteiger partial charge in [-0.3, -0.25) is 0 Å². The fourth-order valence-corrected chi connectivity index (χ4v) is 3.36. The Bertz CT molecular complexity index is 627.